The van der Waals surface area contributed by atoms with E-state index in [1.165, 1.54) is 11.8 Å². The van der Waals surface area contributed by atoms with E-state index in [9.17, 15) is 14.4 Å². The van der Waals surface area contributed by atoms with E-state index in [0.717, 1.165) is 12.8 Å². The second-order valence-electron chi connectivity index (χ2n) is 4.70. The Morgan fingerprint density at radius 1 is 1.47 bits per heavy atom. The molecule has 17 heavy (non-hydrogen) atoms. The van der Waals surface area contributed by atoms with Crippen molar-refractivity contribution < 1.29 is 19.5 Å². The van der Waals surface area contributed by atoms with Crippen molar-refractivity contribution in [2.75, 3.05) is 6.54 Å². The van der Waals surface area contributed by atoms with Gasteiger partial charge < -0.3 is 15.3 Å². The Hall–Kier alpha value is -1.59. The van der Waals surface area contributed by atoms with E-state index in [-0.39, 0.29) is 24.3 Å². The summed E-state index contributed by atoms with van der Waals surface area (Å²) in [6.07, 6.45) is 1.89. The van der Waals surface area contributed by atoms with E-state index in [1.54, 1.807) is 0 Å². The molecule has 0 aromatic carbocycles. The molecule has 6 heteroatoms. The van der Waals surface area contributed by atoms with E-state index >= 15 is 0 Å². The third kappa shape index (κ3) is 2.40. The van der Waals surface area contributed by atoms with Crippen molar-refractivity contribution in [1.82, 2.24) is 10.2 Å². The predicted molar refractivity (Wildman–Crippen MR) is 58.1 cm³/mol. The fraction of sp³-hybridized carbons (Fsp3) is 0.727. The maximum Gasteiger partial charge on any atom is 0.326 e. The van der Waals surface area contributed by atoms with Crippen LogP contribution in [0, 0.1) is 5.92 Å². The van der Waals surface area contributed by atoms with Crippen molar-refractivity contribution in [1.29, 1.82) is 0 Å². The van der Waals surface area contributed by atoms with Gasteiger partial charge in [0, 0.05) is 19.0 Å². The molecule has 2 aliphatic rings. The van der Waals surface area contributed by atoms with Gasteiger partial charge in [0.1, 0.15) is 6.04 Å². The van der Waals surface area contributed by atoms with Crippen LogP contribution in [0.25, 0.3) is 0 Å². The lowest BCUT2D eigenvalue weighted by Gasteiger charge is -2.28. The number of carbonyl (C=O) groups excluding carboxylic acids is 2. The number of hydrogen-bond acceptors (Lipinski definition) is 3. The zero-order valence-corrected chi connectivity index (χ0v) is 9.68. The fourth-order valence-electron chi connectivity index (χ4n) is 2.15. The van der Waals surface area contributed by atoms with Crippen LogP contribution in [0.3, 0.4) is 0 Å². The van der Waals surface area contributed by atoms with Crippen LogP contribution in [0.5, 0.6) is 0 Å². The van der Waals surface area contributed by atoms with Crippen LogP contribution in [-0.4, -0.2) is 46.4 Å². The molecule has 2 fully saturated rings. The molecule has 1 aliphatic heterocycles. The van der Waals surface area contributed by atoms with Crippen molar-refractivity contribution in [3.05, 3.63) is 0 Å². The molecule has 0 radical (unpaired) electrons. The van der Waals surface area contributed by atoms with Crippen LogP contribution in [0.4, 0.5) is 0 Å². The van der Waals surface area contributed by atoms with Crippen molar-refractivity contribution in [2.45, 2.75) is 38.3 Å². The lowest BCUT2D eigenvalue weighted by Crippen LogP contribution is -2.47. The van der Waals surface area contributed by atoms with Crippen LogP contribution in [0.1, 0.15) is 26.2 Å². The number of hydrogen-bond donors (Lipinski definition) is 2. The van der Waals surface area contributed by atoms with Gasteiger partial charge in [-0.05, 0) is 19.8 Å². The molecule has 0 spiro atoms. The van der Waals surface area contributed by atoms with Gasteiger partial charge in [-0.2, -0.15) is 0 Å². The Morgan fingerprint density at radius 3 is 2.53 bits per heavy atom. The first-order valence-electron chi connectivity index (χ1n) is 5.82. The largest absolute Gasteiger partial charge is 0.480 e. The first-order valence-corrected chi connectivity index (χ1v) is 5.82. The van der Waals surface area contributed by atoms with Gasteiger partial charge in [0.05, 0.1) is 5.92 Å². The molecule has 1 aliphatic carbocycles. The lowest BCUT2D eigenvalue weighted by atomic mass is 10.1. The Morgan fingerprint density at radius 2 is 2.12 bits per heavy atom. The minimum Gasteiger partial charge on any atom is -0.480 e. The zero-order chi connectivity index (χ0) is 12.6. The third-order valence-electron chi connectivity index (χ3n) is 3.30. The molecule has 1 saturated heterocycles. The Labute approximate surface area is 99.0 Å². The number of carboxylic acid groups (broad SMARTS) is 1. The molecule has 2 rings (SSSR count). The summed E-state index contributed by atoms with van der Waals surface area (Å²) in [6, 6.07) is -0.769. The number of carbonyl (C=O) groups is 3. The normalized spacial score (nSPS) is 25.2. The van der Waals surface area contributed by atoms with Crippen LogP contribution in [0.2, 0.25) is 0 Å². The number of rotatable bonds is 4. The van der Waals surface area contributed by atoms with E-state index in [0.29, 0.717) is 6.54 Å². The van der Waals surface area contributed by atoms with Crippen molar-refractivity contribution >= 4 is 17.8 Å². The summed E-state index contributed by atoms with van der Waals surface area (Å²) >= 11 is 0. The molecule has 6 nitrogen and oxygen atoms in total. The molecule has 94 valence electrons. The van der Waals surface area contributed by atoms with Crippen LogP contribution in [0.15, 0.2) is 0 Å². The maximum atomic E-state index is 12.2. The molecule has 0 aromatic rings. The molecular weight excluding hydrogens is 224 g/mol. The van der Waals surface area contributed by atoms with Gasteiger partial charge in [0.15, 0.2) is 0 Å². The molecule has 1 heterocycles. The predicted octanol–water partition coefficient (Wildman–Crippen LogP) is -0.413. The molecule has 2 N–H and O–H groups in total. The topological polar surface area (TPSA) is 86.7 Å². The maximum absolute atomic E-state index is 12.2. The molecule has 0 aromatic heterocycles. The second kappa shape index (κ2) is 4.35. The van der Waals surface area contributed by atoms with Gasteiger partial charge in [0.25, 0.3) is 0 Å². The van der Waals surface area contributed by atoms with Gasteiger partial charge in [-0.1, -0.05) is 0 Å². The number of carboxylic acids is 1. The van der Waals surface area contributed by atoms with Gasteiger partial charge in [-0.3, -0.25) is 9.59 Å². The summed E-state index contributed by atoms with van der Waals surface area (Å²) in [5.74, 6) is -1.74. The number of amides is 2. The van der Waals surface area contributed by atoms with Crippen molar-refractivity contribution in [3.63, 3.8) is 0 Å². The highest BCUT2D eigenvalue weighted by atomic mass is 16.4. The SMILES string of the molecule is CC(C(=O)O)N(C(=O)C1CNC(=O)C1)C1CC1. The second-order valence-corrected chi connectivity index (χ2v) is 4.70. The molecule has 2 unspecified atom stereocenters. The van der Waals surface area contributed by atoms with Gasteiger partial charge in [0.2, 0.25) is 11.8 Å². The average molecular weight is 240 g/mol. The Kier molecular flexibility index (Phi) is 3.04. The summed E-state index contributed by atoms with van der Waals surface area (Å²) in [6.45, 7) is 1.84. The Balaban J connectivity index is 2.08. The van der Waals surface area contributed by atoms with Crippen LogP contribution in [-0.2, 0) is 14.4 Å². The van der Waals surface area contributed by atoms with Gasteiger partial charge >= 0.3 is 5.97 Å². The quantitative estimate of drug-likeness (QED) is 0.699. The van der Waals surface area contributed by atoms with Crippen LogP contribution >= 0.6 is 0 Å². The first-order chi connectivity index (χ1) is 8.00. The summed E-state index contributed by atoms with van der Waals surface area (Å²) < 4.78 is 0. The average Bonchev–Trinajstić information content (AvgIpc) is 3.00. The zero-order valence-electron chi connectivity index (χ0n) is 9.68. The number of nitrogens with one attached hydrogen (secondary N) is 1. The lowest BCUT2D eigenvalue weighted by molar-refractivity contribution is -0.151. The molecular formula is C11H16N2O4. The fourth-order valence-corrected chi connectivity index (χ4v) is 2.15. The molecule has 0 bridgehead atoms. The summed E-state index contributed by atoms with van der Waals surface area (Å²) in [7, 11) is 0. The monoisotopic (exact) mass is 240 g/mol. The van der Waals surface area contributed by atoms with E-state index in [4.69, 9.17) is 5.11 Å². The highest BCUT2D eigenvalue weighted by Gasteiger charge is 2.42. The van der Waals surface area contributed by atoms with E-state index in [1.807, 2.05) is 0 Å². The Bertz CT molecular complexity index is 364. The highest BCUT2D eigenvalue weighted by molar-refractivity contribution is 5.91. The van der Waals surface area contributed by atoms with Gasteiger partial charge in [-0.15, -0.1) is 0 Å². The van der Waals surface area contributed by atoms with E-state index in [2.05, 4.69) is 5.32 Å². The molecule has 2 atom stereocenters. The molecule has 2 amide bonds. The van der Waals surface area contributed by atoms with Crippen molar-refractivity contribution in [3.8, 4) is 0 Å². The van der Waals surface area contributed by atoms with Gasteiger partial charge in [-0.25, -0.2) is 4.79 Å². The summed E-state index contributed by atoms with van der Waals surface area (Å²) in [5.41, 5.74) is 0. The summed E-state index contributed by atoms with van der Waals surface area (Å²) in [5, 5.41) is 11.6. The third-order valence-corrected chi connectivity index (χ3v) is 3.30. The minimum absolute atomic E-state index is 0.0457. The molecule has 1 saturated carbocycles. The van der Waals surface area contributed by atoms with Crippen LogP contribution < -0.4 is 5.32 Å². The number of aliphatic carboxylic acids is 1. The summed E-state index contributed by atoms with van der Waals surface area (Å²) in [4.78, 5) is 35.7. The van der Waals surface area contributed by atoms with E-state index < -0.39 is 17.9 Å². The minimum atomic E-state index is -0.998. The highest BCUT2D eigenvalue weighted by Crippen LogP contribution is 2.31. The van der Waals surface area contributed by atoms with Crippen molar-refractivity contribution in [2.24, 2.45) is 5.92 Å². The number of nitrogens with zero attached hydrogens (tertiary/aromatic N) is 1. The smallest absolute Gasteiger partial charge is 0.326 e. The standard InChI is InChI=1S/C11H16N2O4/c1-6(11(16)17)13(8-2-3-8)10(15)7-4-9(14)12-5-7/h6-8H,2-5H2,1H3,(H,12,14)(H,16,17). The first kappa shape index (κ1) is 11.9.